The monoisotopic (exact) mass is 300 g/mol. The normalized spacial score (nSPS) is 23.9. The highest BCUT2D eigenvalue weighted by Gasteiger charge is 2.49. The van der Waals surface area contributed by atoms with Gasteiger partial charge in [-0.2, -0.15) is 0 Å². The van der Waals surface area contributed by atoms with Crippen LogP contribution in [-0.4, -0.2) is 29.4 Å². The van der Waals surface area contributed by atoms with Crippen LogP contribution in [0.4, 0.5) is 0 Å². The summed E-state index contributed by atoms with van der Waals surface area (Å²) in [5.74, 6) is 0.474. The van der Waals surface area contributed by atoms with Crippen molar-refractivity contribution in [1.29, 1.82) is 0 Å². The Morgan fingerprint density at radius 2 is 2.05 bits per heavy atom. The lowest BCUT2D eigenvalue weighted by Crippen LogP contribution is -2.44. The Kier molecular flexibility index (Phi) is 4.09. The molecule has 2 aliphatic rings. The highest BCUT2D eigenvalue weighted by atomic mass is 35.5. The molecule has 1 atom stereocenters. The number of hydrogen-bond donors (Lipinski definition) is 1. The summed E-state index contributed by atoms with van der Waals surface area (Å²) in [6.45, 7) is 1.55. The number of amides is 1. The summed E-state index contributed by atoms with van der Waals surface area (Å²) in [5, 5.41) is 0.797. The van der Waals surface area contributed by atoms with Gasteiger partial charge in [-0.3, -0.25) is 4.79 Å². The first-order chi connectivity index (χ1) is 8.60. The first-order valence-electron chi connectivity index (χ1n) is 6.43. The summed E-state index contributed by atoms with van der Waals surface area (Å²) in [4.78, 5) is 14.1. The molecule has 1 aliphatic carbocycles. The zero-order valence-electron chi connectivity index (χ0n) is 10.6. The quantitative estimate of drug-likeness (QED) is 0.912. The zero-order valence-corrected chi connectivity index (χ0v) is 12.2. The van der Waals surface area contributed by atoms with Crippen molar-refractivity contribution in [2.45, 2.75) is 30.7 Å². The number of rotatable bonds is 2. The molecule has 0 radical (unpaired) electrons. The summed E-state index contributed by atoms with van der Waals surface area (Å²) >= 11 is 6.21. The molecule has 1 amide bonds. The Balaban J connectivity index is 0.00000133. The van der Waals surface area contributed by atoms with E-state index >= 15 is 0 Å². The molecule has 5 heteroatoms. The lowest BCUT2D eigenvalue weighted by molar-refractivity contribution is -0.132. The first-order valence-corrected chi connectivity index (χ1v) is 6.81. The Hall–Kier alpha value is -0.770. The number of halogens is 2. The van der Waals surface area contributed by atoms with Crippen molar-refractivity contribution in [3.8, 4) is 0 Å². The van der Waals surface area contributed by atoms with E-state index in [-0.39, 0.29) is 18.3 Å². The van der Waals surface area contributed by atoms with Gasteiger partial charge in [-0.05, 0) is 30.9 Å². The summed E-state index contributed by atoms with van der Waals surface area (Å²) in [7, 11) is 0. The fourth-order valence-corrected chi connectivity index (χ4v) is 2.96. The molecule has 1 aromatic rings. The fourth-order valence-electron chi connectivity index (χ4n) is 2.67. The first kappa shape index (κ1) is 14.6. The van der Waals surface area contributed by atoms with E-state index in [0.29, 0.717) is 5.92 Å². The molecule has 2 N–H and O–H groups in total. The third-order valence-electron chi connectivity index (χ3n) is 4.04. The van der Waals surface area contributed by atoms with Gasteiger partial charge in [0.1, 0.15) is 0 Å². The average molecular weight is 301 g/mol. The van der Waals surface area contributed by atoms with Crippen LogP contribution in [0.1, 0.15) is 30.7 Å². The minimum atomic E-state index is -0.546. The Morgan fingerprint density at radius 1 is 1.37 bits per heavy atom. The standard InChI is InChI=1S/C14H17ClN2O.ClH/c15-12-4-2-1-3-11(12)10-5-8-17(9-10)13(18)14(16)6-7-14;/h1-4,10H,5-9,16H2;1H. The molecule has 1 heterocycles. The highest BCUT2D eigenvalue weighted by molar-refractivity contribution is 6.31. The van der Waals surface area contributed by atoms with Crippen LogP contribution in [0.5, 0.6) is 0 Å². The van der Waals surface area contributed by atoms with Gasteiger partial charge < -0.3 is 10.6 Å². The van der Waals surface area contributed by atoms with Crippen molar-refractivity contribution >= 4 is 29.9 Å². The molecule has 1 aromatic carbocycles. The van der Waals surface area contributed by atoms with Gasteiger partial charge in [0.05, 0.1) is 5.54 Å². The lowest BCUT2D eigenvalue weighted by Gasteiger charge is -2.20. The molecule has 1 saturated carbocycles. The van der Waals surface area contributed by atoms with E-state index in [1.54, 1.807) is 0 Å². The Morgan fingerprint density at radius 3 is 2.68 bits per heavy atom. The highest BCUT2D eigenvalue weighted by Crippen LogP contribution is 2.38. The van der Waals surface area contributed by atoms with E-state index < -0.39 is 5.54 Å². The van der Waals surface area contributed by atoms with Gasteiger partial charge in [-0.15, -0.1) is 12.4 Å². The number of nitrogens with zero attached hydrogens (tertiary/aromatic N) is 1. The van der Waals surface area contributed by atoms with Gasteiger partial charge in [0, 0.05) is 24.0 Å². The molecule has 1 unspecified atom stereocenters. The van der Waals surface area contributed by atoms with Crippen LogP contribution in [0.25, 0.3) is 0 Å². The van der Waals surface area contributed by atoms with Crippen molar-refractivity contribution in [3.63, 3.8) is 0 Å². The number of nitrogens with two attached hydrogens (primary N) is 1. The second-order valence-corrected chi connectivity index (χ2v) is 5.82. The van der Waals surface area contributed by atoms with Gasteiger partial charge in [0.15, 0.2) is 0 Å². The summed E-state index contributed by atoms with van der Waals surface area (Å²) < 4.78 is 0. The molecule has 0 bridgehead atoms. The maximum Gasteiger partial charge on any atom is 0.242 e. The van der Waals surface area contributed by atoms with Gasteiger partial charge in [0.2, 0.25) is 5.91 Å². The van der Waals surface area contributed by atoms with Gasteiger partial charge >= 0.3 is 0 Å². The SMILES string of the molecule is Cl.NC1(C(=O)N2CCC(c3ccccc3Cl)C2)CC1. The molecule has 19 heavy (non-hydrogen) atoms. The van der Waals surface area contributed by atoms with Crippen LogP contribution in [0, 0.1) is 0 Å². The van der Waals surface area contributed by atoms with E-state index in [0.717, 1.165) is 42.9 Å². The smallest absolute Gasteiger partial charge is 0.242 e. The topological polar surface area (TPSA) is 46.3 Å². The minimum Gasteiger partial charge on any atom is -0.340 e. The predicted octanol–water partition coefficient (Wildman–Crippen LogP) is 2.57. The van der Waals surface area contributed by atoms with E-state index in [1.807, 2.05) is 23.1 Å². The number of hydrogen-bond acceptors (Lipinski definition) is 2. The second-order valence-electron chi connectivity index (χ2n) is 5.41. The second kappa shape index (κ2) is 5.31. The molecular formula is C14H18Cl2N2O. The number of carbonyl (C=O) groups is 1. The molecule has 0 aromatic heterocycles. The van der Waals surface area contributed by atoms with E-state index in [2.05, 4.69) is 6.07 Å². The van der Waals surface area contributed by atoms with Crippen molar-refractivity contribution in [3.05, 3.63) is 34.9 Å². The number of carbonyl (C=O) groups excluding carboxylic acids is 1. The van der Waals surface area contributed by atoms with Crippen LogP contribution in [0.2, 0.25) is 5.02 Å². The molecule has 2 fully saturated rings. The van der Waals surface area contributed by atoms with Crippen molar-refractivity contribution in [2.75, 3.05) is 13.1 Å². The van der Waals surface area contributed by atoms with Crippen molar-refractivity contribution in [2.24, 2.45) is 5.73 Å². The largest absolute Gasteiger partial charge is 0.340 e. The van der Waals surface area contributed by atoms with E-state index in [4.69, 9.17) is 17.3 Å². The van der Waals surface area contributed by atoms with Crippen LogP contribution in [0.15, 0.2) is 24.3 Å². The van der Waals surface area contributed by atoms with Crippen molar-refractivity contribution in [1.82, 2.24) is 4.90 Å². The fraction of sp³-hybridized carbons (Fsp3) is 0.500. The predicted molar refractivity (Wildman–Crippen MR) is 78.8 cm³/mol. The minimum absolute atomic E-state index is 0. The van der Waals surface area contributed by atoms with Gasteiger partial charge in [0.25, 0.3) is 0 Å². The summed E-state index contributed by atoms with van der Waals surface area (Å²) in [6.07, 6.45) is 2.64. The average Bonchev–Trinajstić information content (AvgIpc) is 2.94. The summed E-state index contributed by atoms with van der Waals surface area (Å²) in [6, 6.07) is 7.89. The zero-order chi connectivity index (χ0) is 12.8. The number of likely N-dealkylation sites (tertiary alicyclic amines) is 1. The molecule has 3 rings (SSSR count). The Bertz CT molecular complexity index is 488. The molecule has 104 valence electrons. The summed E-state index contributed by atoms with van der Waals surface area (Å²) in [5.41, 5.74) is 6.57. The molecule has 3 nitrogen and oxygen atoms in total. The van der Waals surface area contributed by atoms with Gasteiger partial charge in [-0.1, -0.05) is 29.8 Å². The maximum absolute atomic E-state index is 12.2. The lowest BCUT2D eigenvalue weighted by atomic mass is 9.98. The van der Waals surface area contributed by atoms with Crippen molar-refractivity contribution < 1.29 is 4.79 Å². The van der Waals surface area contributed by atoms with E-state index in [9.17, 15) is 4.79 Å². The third-order valence-corrected chi connectivity index (χ3v) is 4.38. The molecule has 1 saturated heterocycles. The molecular weight excluding hydrogens is 283 g/mol. The Labute approximate surface area is 124 Å². The molecule has 1 aliphatic heterocycles. The molecule has 0 spiro atoms. The maximum atomic E-state index is 12.2. The van der Waals surface area contributed by atoms with Crippen LogP contribution in [0.3, 0.4) is 0 Å². The number of benzene rings is 1. The third kappa shape index (κ3) is 2.73. The van der Waals surface area contributed by atoms with Crippen LogP contribution < -0.4 is 5.73 Å². The van der Waals surface area contributed by atoms with E-state index in [1.165, 1.54) is 0 Å². The van der Waals surface area contributed by atoms with Crippen LogP contribution >= 0.6 is 24.0 Å². The van der Waals surface area contributed by atoms with Crippen LogP contribution in [-0.2, 0) is 4.79 Å². The van der Waals surface area contributed by atoms with Gasteiger partial charge in [-0.25, -0.2) is 0 Å².